The molecule has 3 nitrogen and oxygen atoms in total. The van der Waals surface area contributed by atoms with Crippen LogP contribution in [0, 0.1) is 0 Å². The summed E-state index contributed by atoms with van der Waals surface area (Å²) in [6.07, 6.45) is 0. The highest BCUT2D eigenvalue weighted by atomic mass is 35.5. The van der Waals surface area contributed by atoms with Gasteiger partial charge < -0.3 is 4.52 Å². The molecule has 1 heterocycles. The van der Waals surface area contributed by atoms with Crippen LogP contribution in [-0.4, -0.2) is 10.1 Å². The van der Waals surface area contributed by atoms with Gasteiger partial charge in [-0.15, -0.1) is 11.6 Å². The lowest BCUT2D eigenvalue weighted by Crippen LogP contribution is -2.07. The minimum absolute atomic E-state index is 0.0770. The van der Waals surface area contributed by atoms with E-state index in [9.17, 15) is 8.78 Å². The molecule has 0 bridgehead atoms. The Morgan fingerprint density at radius 2 is 2.17 bits per heavy atom. The fourth-order valence-corrected chi connectivity index (χ4v) is 0.663. The summed E-state index contributed by atoms with van der Waals surface area (Å²) >= 11 is 5.54. The van der Waals surface area contributed by atoms with Crippen LogP contribution in [0.3, 0.4) is 0 Å². The molecule has 1 atom stereocenters. The van der Waals surface area contributed by atoms with Crippen molar-refractivity contribution in [3.05, 3.63) is 11.7 Å². The lowest BCUT2D eigenvalue weighted by Gasteiger charge is -2.00. The molecule has 0 aromatic carbocycles. The van der Waals surface area contributed by atoms with Crippen LogP contribution in [-0.2, 0) is 5.92 Å². The Labute approximate surface area is 72.7 Å². The van der Waals surface area contributed by atoms with Crippen molar-refractivity contribution < 1.29 is 13.3 Å². The van der Waals surface area contributed by atoms with Gasteiger partial charge in [-0.3, -0.25) is 0 Å². The number of alkyl halides is 3. The third-order valence-corrected chi connectivity index (χ3v) is 1.37. The van der Waals surface area contributed by atoms with Crippen LogP contribution >= 0.6 is 11.6 Å². The van der Waals surface area contributed by atoms with Crippen molar-refractivity contribution in [1.82, 2.24) is 10.1 Å². The standard InChI is InChI=1S/C6H7ClF2N2O/c1-3(7)4-10-5(12-11-4)6(2,8)9/h3H,1-2H3. The van der Waals surface area contributed by atoms with Crippen LogP contribution in [0.2, 0.25) is 0 Å². The van der Waals surface area contributed by atoms with Crippen molar-refractivity contribution in [2.24, 2.45) is 0 Å². The van der Waals surface area contributed by atoms with E-state index < -0.39 is 17.2 Å². The molecule has 0 aliphatic rings. The van der Waals surface area contributed by atoms with Crippen LogP contribution < -0.4 is 0 Å². The van der Waals surface area contributed by atoms with Gasteiger partial charge in [0.1, 0.15) is 0 Å². The molecule has 0 aliphatic carbocycles. The second-order valence-corrected chi connectivity index (χ2v) is 3.12. The molecule has 1 rings (SSSR count). The van der Waals surface area contributed by atoms with Gasteiger partial charge in [0.25, 0.3) is 5.89 Å². The minimum Gasteiger partial charge on any atom is -0.333 e. The number of halogens is 3. The van der Waals surface area contributed by atoms with E-state index in [-0.39, 0.29) is 5.82 Å². The Morgan fingerprint density at radius 3 is 2.42 bits per heavy atom. The van der Waals surface area contributed by atoms with E-state index in [1.807, 2.05) is 0 Å². The Kier molecular flexibility index (Phi) is 2.32. The van der Waals surface area contributed by atoms with Gasteiger partial charge in [-0.05, 0) is 6.92 Å². The molecule has 12 heavy (non-hydrogen) atoms. The average Bonchev–Trinajstić information content (AvgIpc) is 2.30. The Bertz CT molecular complexity index is 269. The fourth-order valence-electron chi connectivity index (χ4n) is 0.575. The molecule has 0 saturated carbocycles. The highest BCUT2D eigenvalue weighted by Gasteiger charge is 2.32. The van der Waals surface area contributed by atoms with E-state index in [1.54, 1.807) is 6.92 Å². The molecular formula is C6H7ClF2N2O. The van der Waals surface area contributed by atoms with Crippen molar-refractivity contribution in [1.29, 1.82) is 0 Å². The molecule has 0 amide bonds. The molecule has 1 aromatic rings. The first-order valence-electron chi connectivity index (χ1n) is 3.27. The third kappa shape index (κ3) is 1.91. The van der Waals surface area contributed by atoms with Gasteiger partial charge in [-0.25, -0.2) is 0 Å². The molecule has 0 fully saturated rings. The zero-order chi connectivity index (χ0) is 9.35. The Balaban J connectivity index is 2.92. The Hall–Kier alpha value is -0.710. The highest BCUT2D eigenvalue weighted by molar-refractivity contribution is 6.20. The average molecular weight is 197 g/mol. The number of aromatic nitrogens is 2. The summed E-state index contributed by atoms with van der Waals surface area (Å²) < 4.78 is 29.3. The summed E-state index contributed by atoms with van der Waals surface area (Å²) in [6.45, 7) is 2.26. The lowest BCUT2D eigenvalue weighted by molar-refractivity contribution is -0.0158. The molecule has 0 N–H and O–H groups in total. The fraction of sp³-hybridized carbons (Fsp3) is 0.667. The lowest BCUT2D eigenvalue weighted by atomic mass is 10.4. The summed E-state index contributed by atoms with van der Waals surface area (Å²) in [7, 11) is 0. The monoisotopic (exact) mass is 196 g/mol. The molecule has 1 unspecified atom stereocenters. The van der Waals surface area contributed by atoms with Gasteiger partial charge in [0, 0.05) is 6.92 Å². The van der Waals surface area contributed by atoms with E-state index in [0.717, 1.165) is 0 Å². The van der Waals surface area contributed by atoms with Gasteiger partial charge in [-0.1, -0.05) is 5.16 Å². The van der Waals surface area contributed by atoms with Crippen LogP contribution in [0.4, 0.5) is 8.78 Å². The smallest absolute Gasteiger partial charge is 0.322 e. The van der Waals surface area contributed by atoms with Gasteiger partial charge in [0.15, 0.2) is 5.82 Å². The molecule has 6 heteroatoms. The quantitative estimate of drug-likeness (QED) is 0.682. The van der Waals surface area contributed by atoms with Crippen LogP contribution in [0.1, 0.15) is 30.9 Å². The van der Waals surface area contributed by atoms with E-state index >= 15 is 0 Å². The molecular weight excluding hydrogens is 190 g/mol. The second kappa shape index (κ2) is 2.97. The predicted octanol–water partition coefficient (Wildman–Crippen LogP) is 2.48. The maximum Gasteiger partial charge on any atom is 0.322 e. The molecule has 68 valence electrons. The van der Waals surface area contributed by atoms with Gasteiger partial charge in [0.05, 0.1) is 5.38 Å². The van der Waals surface area contributed by atoms with E-state index in [0.29, 0.717) is 6.92 Å². The first-order valence-corrected chi connectivity index (χ1v) is 3.71. The molecule has 0 spiro atoms. The SMILES string of the molecule is CC(Cl)c1noc(C(C)(F)F)n1. The van der Waals surface area contributed by atoms with E-state index in [2.05, 4.69) is 14.7 Å². The van der Waals surface area contributed by atoms with Gasteiger partial charge >= 0.3 is 5.92 Å². The predicted molar refractivity (Wildman–Crippen MR) is 38.1 cm³/mol. The summed E-state index contributed by atoms with van der Waals surface area (Å²) in [4.78, 5) is 3.42. The normalized spacial score (nSPS) is 14.8. The number of nitrogens with zero attached hydrogens (tertiary/aromatic N) is 2. The maximum absolute atomic E-state index is 12.5. The van der Waals surface area contributed by atoms with Crippen molar-refractivity contribution in [2.45, 2.75) is 25.1 Å². The minimum atomic E-state index is -3.10. The molecule has 1 aromatic heterocycles. The summed E-state index contributed by atoms with van der Waals surface area (Å²) in [5.41, 5.74) is 0. The van der Waals surface area contributed by atoms with Crippen LogP contribution in [0.15, 0.2) is 4.52 Å². The van der Waals surface area contributed by atoms with Crippen LogP contribution in [0.5, 0.6) is 0 Å². The summed E-state index contributed by atoms with van der Waals surface area (Å²) in [5.74, 6) is -3.73. The van der Waals surface area contributed by atoms with E-state index in [1.165, 1.54) is 0 Å². The number of hydrogen-bond acceptors (Lipinski definition) is 3. The second-order valence-electron chi connectivity index (χ2n) is 2.46. The maximum atomic E-state index is 12.5. The van der Waals surface area contributed by atoms with Crippen molar-refractivity contribution in [2.75, 3.05) is 0 Å². The van der Waals surface area contributed by atoms with Crippen molar-refractivity contribution in [3.63, 3.8) is 0 Å². The van der Waals surface area contributed by atoms with Crippen LogP contribution in [0.25, 0.3) is 0 Å². The zero-order valence-electron chi connectivity index (χ0n) is 6.51. The summed E-state index contributed by atoms with van der Waals surface area (Å²) in [6, 6.07) is 0. The van der Waals surface area contributed by atoms with E-state index in [4.69, 9.17) is 11.6 Å². The van der Waals surface area contributed by atoms with Crippen molar-refractivity contribution >= 4 is 11.6 Å². The summed E-state index contributed by atoms with van der Waals surface area (Å²) in [5, 5.41) is 2.76. The first-order chi connectivity index (χ1) is 5.41. The third-order valence-electron chi connectivity index (χ3n) is 1.17. The van der Waals surface area contributed by atoms with Gasteiger partial charge in [0.2, 0.25) is 0 Å². The first kappa shape index (κ1) is 9.38. The highest BCUT2D eigenvalue weighted by Crippen LogP contribution is 2.26. The number of hydrogen-bond donors (Lipinski definition) is 0. The number of rotatable bonds is 2. The van der Waals surface area contributed by atoms with Crippen molar-refractivity contribution in [3.8, 4) is 0 Å². The molecule has 0 aliphatic heterocycles. The zero-order valence-corrected chi connectivity index (χ0v) is 7.27. The molecule has 0 saturated heterocycles. The van der Waals surface area contributed by atoms with Gasteiger partial charge in [-0.2, -0.15) is 13.8 Å². The largest absolute Gasteiger partial charge is 0.333 e. The topological polar surface area (TPSA) is 38.9 Å². The Morgan fingerprint density at radius 1 is 1.58 bits per heavy atom. The molecule has 0 radical (unpaired) electrons.